The first-order valence-corrected chi connectivity index (χ1v) is 9.97. The van der Waals surface area contributed by atoms with E-state index in [0.29, 0.717) is 11.0 Å². The molecule has 1 aliphatic heterocycles. The van der Waals surface area contributed by atoms with Gasteiger partial charge in [0.1, 0.15) is 17.5 Å². The molecule has 1 N–H and O–H groups in total. The normalized spacial score (nSPS) is 14.0. The highest BCUT2D eigenvalue weighted by Gasteiger charge is 2.21. The zero-order valence-electron chi connectivity index (χ0n) is 16.6. The van der Waals surface area contributed by atoms with Crippen molar-refractivity contribution >= 4 is 40.7 Å². The molecule has 29 heavy (non-hydrogen) atoms. The van der Waals surface area contributed by atoms with E-state index in [-0.39, 0.29) is 0 Å². The van der Waals surface area contributed by atoms with Gasteiger partial charge in [0, 0.05) is 52.5 Å². The summed E-state index contributed by atoms with van der Waals surface area (Å²) in [5.74, 6) is 3.29. The van der Waals surface area contributed by atoms with E-state index in [1.165, 1.54) is 0 Å². The van der Waals surface area contributed by atoms with E-state index in [2.05, 4.69) is 20.1 Å². The Balaban J connectivity index is 1.54. The molecule has 0 unspecified atom stereocenters. The molecule has 2 aromatic heterocycles. The van der Waals surface area contributed by atoms with Crippen LogP contribution in [0.25, 0.3) is 0 Å². The smallest absolute Gasteiger partial charge is 0.229 e. The lowest BCUT2D eigenvalue weighted by Crippen LogP contribution is -2.47. The first kappa shape index (κ1) is 19.3. The standard InChI is InChI=1S/C21H24ClN7/c1-27(2)20-15-18(24-17-8-4-3-7-16(17)22)25-21(26-20)29-13-11-28(12-14-29)19-9-5-6-10-23-19/h3-10,15H,11-14H2,1-2H3,(H,24,25,26). The van der Waals surface area contributed by atoms with E-state index in [1.54, 1.807) is 0 Å². The quantitative estimate of drug-likeness (QED) is 0.689. The number of benzene rings is 1. The molecule has 0 saturated carbocycles. The van der Waals surface area contributed by atoms with Gasteiger partial charge in [-0.15, -0.1) is 0 Å². The molecule has 150 valence electrons. The van der Waals surface area contributed by atoms with Crippen LogP contribution in [0.1, 0.15) is 0 Å². The Labute approximate surface area is 176 Å². The van der Waals surface area contributed by atoms with E-state index >= 15 is 0 Å². The third-order valence-corrected chi connectivity index (χ3v) is 5.16. The molecule has 7 nitrogen and oxygen atoms in total. The van der Waals surface area contributed by atoms with Crippen molar-refractivity contribution in [2.75, 3.05) is 60.3 Å². The predicted octanol–water partition coefficient (Wildman–Crippen LogP) is 3.66. The van der Waals surface area contributed by atoms with Crippen molar-refractivity contribution in [3.8, 4) is 0 Å². The second-order valence-electron chi connectivity index (χ2n) is 7.07. The first-order valence-electron chi connectivity index (χ1n) is 9.59. The van der Waals surface area contributed by atoms with Crippen LogP contribution < -0.4 is 20.0 Å². The molecule has 8 heteroatoms. The molecule has 0 bridgehead atoms. The lowest BCUT2D eigenvalue weighted by Gasteiger charge is -2.35. The summed E-state index contributed by atoms with van der Waals surface area (Å²) in [5.41, 5.74) is 0.823. The van der Waals surface area contributed by atoms with E-state index in [9.17, 15) is 0 Å². The number of anilines is 5. The monoisotopic (exact) mass is 409 g/mol. The molecule has 3 heterocycles. The van der Waals surface area contributed by atoms with E-state index in [4.69, 9.17) is 21.6 Å². The Hall–Kier alpha value is -3.06. The van der Waals surface area contributed by atoms with Gasteiger partial charge in [-0.1, -0.05) is 29.8 Å². The predicted molar refractivity (Wildman–Crippen MR) is 120 cm³/mol. The highest BCUT2D eigenvalue weighted by Crippen LogP contribution is 2.27. The van der Waals surface area contributed by atoms with Crippen molar-refractivity contribution in [1.29, 1.82) is 0 Å². The van der Waals surface area contributed by atoms with Crippen LogP contribution in [0.15, 0.2) is 54.7 Å². The van der Waals surface area contributed by atoms with Crippen LogP contribution in [0.4, 0.5) is 29.1 Å². The van der Waals surface area contributed by atoms with Gasteiger partial charge in [0.05, 0.1) is 10.7 Å². The Kier molecular flexibility index (Phi) is 5.67. The molecule has 0 amide bonds. The molecular formula is C21H24ClN7. The van der Waals surface area contributed by atoms with Gasteiger partial charge in [-0.2, -0.15) is 9.97 Å². The minimum absolute atomic E-state index is 0.656. The number of piperazine rings is 1. The number of hydrogen-bond acceptors (Lipinski definition) is 7. The third kappa shape index (κ3) is 4.51. The molecule has 1 saturated heterocycles. The van der Waals surface area contributed by atoms with Crippen molar-refractivity contribution < 1.29 is 0 Å². The minimum Gasteiger partial charge on any atom is -0.363 e. The fourth-order valence-corrected chi connectivity index (χ4v) is 3.42. The van der Waals surface area contributed by atoms with Gasteiger partial charge in [0.25, 0.3) is 0 Å². The lowest BCUT2D eigenvalue weighted by atomic mass is 10.3. The summed E-state index contributed by atoms with van der Waals surface area (Å²) < 4.78 is 0. The minimum atomic E-state index is 0.656. The van der Waals surface area contributed by atoms with Crippen LogP contribution in [0.5, 0.6) is 0 Å². The van der Waals surface area contributed by atoms with Crippen LogP contribution in [0, 0.1) is 0 Å². The van der Waals surface area contributed by atoms with Crippen molar-refractivity contribution in [2.24, 2.45) is 0 Å². The molecule has 0 spiro atoms. The summed E-state index contributed by atoms with van der Waals surface area (Å²) in [6.45, 7) is 3.41. The van der Waals surface area contributed by atoms with Crippen LogP contribution in [0.3, 0.4) is 0 Å². The summed E-state index contributed by atoms with van der Waals surface area (Å²) in [5, 5.41) is 3.98. The molecule has 0 aliphatic carbocycles. The SMILES string of the molecule is CN(C)c1cc(Nc2ccccc2Cl)nc(N2CCN(c3ccccn3)CC2)n1. The Morgan fingerprint density at radius 2 is 1.66 bits per heavy atom. The number of nitrogens with one attached hydrogen (secondary N) is 1. The molecule has 3 aromatic rings. The first-order chi connectivity index (χ1) is 14.1. The van der Waals surface area contributed by atoms with Gasteiger partial charge in [0.15, 0.2) is 0 Å². The average Bonchev–Trinajstić information content (AvgIpc) is 2.76. The largest absolute Gasteiger partial charge is 0.363 e. The topological polar surface area (TPSA) is 60.4 Å². The number of para-hydroxylation sites is 1. The molecule has 1 fully saturated rings. The Morgan fingerprint density at radius 3 is 2.34 bits per heavy atom. The number of halogens is 1. The van der Waals surface area contributed by atoms with Gasteiger partial charge in [-0.05, 0) is 24.3 Å². The van der Waals surface area contributed by atoms with Crippen molar-refractivity contribution in [1.82, 2.24) is 15.0 Å². The number of aromatic nitrogens is 3. The van der Waals surface area contributed by atoms with E-state index in [0.717, 1.165) is 49.3 Å². The van der Waals surface area contributed by atoms with E-state index < -0.39 is 0 Å². The third-order valence-electron chi connectivity index (χ3n) is 4.83. The fourth-order valence-electron chi connectivity index (χ4n) is 3.23. The zero-order chi connectivity index (χ0) is 20.2. The maximum atomic E-state index is 6.30. The van der Waals surface area contributed by atoms with Gasteiger partial charge in [-0.3, -0.25) is 0 Å². The highest BCUT2D eigenvalue weighted by atomic mass is 35.5. The van der Waals surface area contributed by atoms with Gasteiger partial charge < -0.3 is 20.0 Å². The number of rotatable bonds is 5. The summed E-state index contributed by atoms with van der Waals surface area (Å²) in [7, 11) is 3.95. The van der Waals surface area contributed by atoms with Gasteiger partial charge in [0.2, 0.25) is 5.95 Å². The molecule has 4 rings (SSSR count). The number of pyridine rings is 1. The van der Waals surface area contributed by atoms with Crippen LogP contribution >= 0.6 is 11.6 Å². The van der Waals surface area contributed by atoms with E-state index in [1.807, 2.05) is 73.7 Å². The molecular weight excluding hydrogens is 386 g/mol. The maximum Gasteiger partial charge on any atom is 0.229 e. The summed E-state index contributed by atoms with van der Waals surface area (Å²) in [6.07, 6.45) is 1.83. The van der Waals surface area contributed by atoms with Crippen molar-refractivity contribution in [2.45, 2.75) is 0 Å². The van der Waals surface area contributed by atoms with Gasteiger partial charge in [-0.25, -0.2) is 4.98 Å². The van der Waals surface area contributed by atoms with Crippen molar-refractivity contribution in [3.05, 3.63) is 59.8 Å². The van der Waals surface area contributed by atoms with Gasteiger partial charge >= 0.3 is 0 Å². The highest BCUT2D eigenvalue weighted by molar-refractivity contribution is 6.33. The van der Waals surface area contributed by atoms with Crippen molar-refractivity contribution in [3.63, 3.8) is 0 Å². The lowest BCUT2D eigenvalue weighted by molar-refractivity contribution is 0.635. The Morgan fingerprint density at radius 1 is 0.931 bits per heavy atom. The van der Waals surface area contributed by atoms with Crippen LogP contribution in [0.2, 0.25) is 5.02 Å². The zero-order valence-corrected chi connectivity index (χ0v) is 17.3. The summed E-state index contributed by atoms with van der Waals surface area (Å²) in [6, 6.07) is 15.6. The van der Waals surface area contributed by atoms with Crippen LogP contribution in [-0.2, 0) is 0 Å². The number of hydrogen-bond donors (Lipinski definition) is 1. The molecule has 1 aliphatic rings. The second kappa shape index (κ2) is 8.53. The van der Waals surface area contributed by atoms with Crippen LogP contribution in [-0.4, -0.2) is 55.2 Å². The average molecular weight is 410 g/mol. The second-order valence-corrected chi connectivity index (χ2v) is 7.48. The fraction of sp³-hybridized carbons (Fsp3) is 0.286. The molecule has 0 atom stereocenters. The number of nitrogens with zero attached hydrogens (tertiary/aromatic N) is 6. The Bertz CT molecular complexity index is 956. The molecule has 1 aromatic carbocycles. The summed E-state index contributed by atoms with van der Waals surface area (Å²) >= 11 is 6.30. The maximum absolute atomic E-state index is 6.30. The molecule has 0 radical (unpaired) electrons. The summed E-state index contributed by atoms with van der Waals surface area (Å²) in [4.78, 5) is 20.4.